The number of fused-ring (bicyclic) bond motifs is 2. The fourth-order valence-electron chi connectivity index (χ4n) is 3.75. The van der Waals surface area contributed by atoms with Gasteiger partial charge in [0, 0.05) is 12.6 Å². The molecular weight excluding hydrogens is 200 g/mol. The molecule has 2 heterocycles. The molecule has 0 aromatic rings. The molecule has 1 aliphatic carbocycles. The second kappa shape index (κ2) is 4.02. The Balaban J connectivity index is 1.68. The van der Waals surface area contributed by atoms with Crippen LogP contribution in [0.4, 0.5) is 0 Å². The molecule has 3 rings (SSSR count). The van der Waals surface area contributed by atoms with Crippen LogP contribution in [0.3, 0.4) is 0 Å². The number of nitrogens with zero attached hydrogens (tertiary/aromatic N) is 1. The van der Waals surface area contributed by atoms with Gasteiger partial charge in [-0.3, -0.25) is 4.79 Å². The SMILES string of the molecule is CC1CCCNC1C(=O)N1CC2CCC1C2. The summed E-state index contributed by atoms with van der Waals surface area (Å²) in [5.41, 5.74) is 0. The molecule has 2 saturated heterocycles. The van der Waals surface area contributed by atoms with Gasteiger partial charge >= 0.3 is 0 Å². The lowest BCUT2D eigenvalue weighted by atomic mass is 9.91. The first-order chi connectivity index (χ1) is 7.75. The Morgan fingerprint density at radius 2 is 2.19 bits per heavy atom. The van der Waals surface area contributed by atoms with Crippen molar-refractivity contribution >= 4 is 5.91 Å². The van der Waals surface area contributed by atoms with Crippen LogP contribution in [0.25, 0.3) is 0 Å². The normalized spacial score (nSPS) is 42.7. The van der Waals surface area contributed by atoms with E-state index >= 15 is 0 Å². The van der Waals surface area contributed by atoms with E-state index in [1.54, 1.807) is 0 Å². The van der Waals surface area contributed by atoms with E-state index in [4.69, 9.17) is 0 Å². The van der Waals surface area contributed by atoms with E-state index in [0.717, 1.165) is 19.0 Å². The zero-order chi connectivity index (χ0) is 11.1. The average Bonchev–Trinajstić information content (AvgIpc) is 2.90. The Morgan fingerprint density at radius 3 is 2.81 bits per heavy atom. The lowest BCUT2D eigenvalue weighted by molar-refractivity contribution is -0.137. The van der Waals surface area contributed by atoms with Gasteiger partial charge in [0.2, 0.25) is 5.91 Å². The van der Waals surface area contributed by atoms with Crippen molar-refractivity contribution in [3.63, 3.8) is 0 Å². The van der Waals surface area contributed by atoms with Crippen LogP contribution >= 0.6 is 0 Å². The van der Waals surface area contributed by atoms with Crippen LogP contribution in [0, 0.1) is 11.8 Å². The highest BCUT2D eigenvalue weighted by molar-refractivity contribution is 5.83. The third-order valence-corrected chi connectivity index (χ3v) is 4.73. The summed E-state index contributed by atoms with van der Waals surface area (Å²) < 4.78 is 0. The molecule has 3 aliphatic rings. The van der Waals surface area contributed by atoms with E-state index in [1.165, 1.54) is 32.1 Å². The van der Waals surface area contributed by atoms with Crippen LogP contribution in [0.15, 0.2) is 0 Å². The number of piperidine rings is 2. The maximum atomic E-state index is 12.5. The molecule has 4 unspecified atom stereocenters. The van der Waals surface area contributed by atoms with Gasteiger partial charge in [0.05, 0.1) is 6.04 Å². The number of hydrogen-bond donors (Lipinski definition) is 1. The highest BCUT2D eigenvalue weighted by Gasteiger charge is 2.43. The van der Waals surface area contributed by atoms with Gasteiger partial charge < -0.3 is 10.2 Å². The predicted octanol–water partition coefficient (Wildman–Crippen LogP) is 1.39. The first-order valence-electron chi connectivity index (χ1n) is 6.79. The number of carbonyl (C=O) groups excluding carboxylic acids is 1. The smallest absolute Gasteiger partial charge is 0.240 e. The molecule has 0 radical (unpaired) electrons. The third kappa shape index (κ3) is 1.65. The highest BCUT2D eigenvalue weighted by Crippen LogP contribution is 2.38. The molecule has 16 heavy (non-hydrogen) atoms. The van der Waals surface area contributed by atoms with Crippen LogP contribution in [0.2, 0.25) is 0 Å². The minimum Gasteiger partial charge on any atom is -0.338 e. The van der Waals surface area contributed by atoms with Gasteiger partial charge in [-0.05, 0) is 50.5 Å². The zero-order valence-corrected chi connectivity index (χ0v) is 10.1. The molecule has 3 heteroatoms. The summed E-state index contributed by atoms with van der Waals surface area (Å²) in [6, 6.07) is 0.682. The van der Waals surface area contributed by atoms with Gasteiger partial charge in [-0.2, -0.15) is 0 Å². The lowest BCUT2D eigenvalue weighted by Gasteiger charge is -2.35. The average molecular weight is 222 g/mol. The van der Waals surface area contributed by atoms with Gasteiger partial charge in [-0.25, -0.2) is 0 Å². The monoisotopic (exact) mass is 222 g/mol. The summed E-state index contributed by atoms with van der Waals surface area (Å²) >= 11 is 0. The van der Waals surface area contributed by atoms with E-state index in [-0.39, 0.29) is 6.04 Å². The topological polar surface area (TPSA) is 32.3 Å². The fourth-order valence-corrected chi connectivity index (χ4v) is 3.75. The first-order valence-corrected chi connectivity index (χ1v) is 6.79. The minimum atomic E-state index is 0.105. The highest BCUT2D eigenvalue weighted by atomic mass is 16.2. The van der Waals surface area contributed by atoms with E-state index in [9.17, 15) is 4.79 Å². The first kappa shape index (κ1) is 10.6. The summed E-state index contributed by atoms with van der Waals surface area (Å²) in [5.74, 6) is 1.72. The van der Waals surface area contributed by atoms with Crippen molar-refractivity contribution in [2.75, 3.05) is 13.1 Å². The van der Waals surface area contributed by atoms with Crippen LogP contribution in [-0.2, 0) is 4.79 Å². The van der Waals surface area contributed by atoms with Crippen LogP contribution < -0.4 is 5.32 Å². The minimum absolute atomic E-state index is 0.105. The maximum Gasteiger partial charge on any atom is 0.240 e. The largest absolute Gasteiger partial charge is 0.338 e. The van der Waals surface area contributed by atoms with E-state index in [2.05, 4.69) is 17.1 Å². The van der Waals surface area contributed by atoms with Gasteiger partial charge in [-0.1, -0.05) is 6.92 Å². The van der Waals surface area contributed by atoms with Crippen molar-refractivity contribution in [2.45, 2.75) is 51.1 Å². The van der Waals surface area contributed by atoms with Crippen molar-refractivity contribution in [3.05, 3.63) is 0 Å². The van der Waals surface area contributed by atoms with Crippen molar-refractivity contribution in [1.29, 1.82) is 0 Å². The molecule has 0 spiro atoms. The number of carbonyl (C=O) groups is 1. The summed E-state index contributed by atoms with van der Waals surface area (Å²) in [6.07, 6.45) is 6.29. The van der Waals surface area contributed by atoms with Gasteiger partial charge in [0.1, 0.15) is 0 Å². The number of rotatable bonds is 1. The van der Waals surface area contributed by atoms with Crippen LogP contribution in [0.1, 0.15) is 39.0 Å². The zero-order valence-electron chi connectivity index (χ0n) is 10.1. The van der Waals surface area contributed by atoms with Gasteiger partial charge in [-0.15, -0.1) is 0 Å². The van der Waals surface area contributed by atoms with Crippen molar-refractivity contribution in [1.82, 2.24) is 10.2 Å². The summed E-state index contributed by atoms with van der Waals surface area (Å²) in [6.45, 7) is 4.26. The molecule has 4 atom stereocenters. The van der Waals surface area contributed by atoms with E-state index < -0.39 is 0 Å². The van der Waals surface area contributed by atoms with Crippen molar-refractivity contribution in [2.24, 2.45) is 11.8 Å². The molecule has 1 saturated carbocycles. The Morgan fingerprint density at radius 1 is 1.31 bits per heavy atom. The molecule has 3 fully saturated rings. The van der Waals surface area contributed by atoms with E-state index in [1.807, 2.05) is 0 Å². The molecule has 0 aromatic carbocycles. The number of hydrogen-bond acceptors (Lipinski definition) is 2. The summed E-state index contributed by atoms with van der Waals surface area (Å²) in [7, 11) is 0. The fraction of sp³-hybridized carbons (Fsp3) is 0.923. The molecule has 3 nitrogen and oxygen atoms in total. The second-order valence-corrected chi connectivity index (χ2v) is 5.87. The van der Waals surface area contributed by atoms with Gasteiger partial charge in [0.15, 0.2) is 0 Å². The Hall–Kier alpha value is -0.570. The van der Waals surface area contributed by atoms with Crippen molar-refractivity contribution in [3.8, 4) is 0 Å². The molecule has 2 aliphatic heterocycles. The van der Waals surface area contributed by atoms with Crippen LogP contribution in [0.5, 0.6) is 0 Å². The molecule has 1 amide bonds. The summed E-state index contributed by atoms with van der Waals surface area (Å²) in [4.78, 5) is 14.6. The Bertz CT molecular complexity index is 288. The molecular formula is C13H22N2O. The maximum absolute atomic E-state index is 12.5. The Kier molecular flexibility index (Phi) is 2.66. The second-order valence-electron chi connectivity index (χ2n) is 5.87. The quantitative estimate of drug-likeness (QED) is 0.727. The molecule has 90 valence electrons. The Labute approximate surface area is 97.6 Å². The number of nitrogens with one attached hydrogen (secondary N) is 1. The lowest BCUT2D eigenvalue weighted by Crippen LogP contribution is -2.54. The van der Waals surface area contributed by atoms with Crippen LogP contribution in [-0.4, -0.2) is 36.0 Å². The van der Waals surface area contributed by atoms with E-state index in [0.29, 0.717) is 17.9 Å². The molecule has 2 bridgehead atoms. The third-order valence-electron chi connectivity index (χ3n) is 4.73. The standard InChI is InChI=1S/C13H22N2O/c1-9-3-2-6-14-12(9)13(16)15-8-10-4-5-11(15)7-10/h9-12,14H,2-8H2,1H3. The number of amides is 1. The van der Waals surface area contributed by atoms with Crippen molar-refractivity contribution < 1.29 is 4.79 Å². The van der Waals surface area contributed by atoms with Gasteiger partial charge in [0.25, 0.3) is 0 Å². The molecule has 0 aromatic heterocycles. The summed E-state index contributed by atoms with van der Waals surface area (Å²) in [5, 5.41) is 3.41. The molecule has 1 N–H and O–H groups in total. The number of likely N-dealkylation sites (tertiary alicyclic amines) is 1. The predicted molar refractivity (Wildman–Crippen MR) is 63.0 cm³/mol.